The van der Waals surface area contributed by atoms with Crippen LogP contribution < -0.4 is 10.1 Å². The van der Waals surface area contributed by atoms with Crippen LogP contribution in [0.5, 0.6) is 5.19 Å². The number of nitrogens with one attached hydrogen (secondary N) is 2. The first-order chi connectivity index (χ1) is 15.2. The molecule has 0 spiro atoms. The number of rotatable bonds is 6. The number of fused-ring (bicyclic) bond motifs is 2. The van der Waals surface area contributed by atoms with Crippen molar-refractivity contribution in [3.05, 3.63) is 84.1 Å². The molecule has 0 bridgehead atoms. The molecule has 0 saturated carbocycles. The van der Waals surface area contributed by atoms with Crippen LogP contribution in [0.1, 0.15) is 24.3 Å². The molecule has 2 heterocycles. The summed E-state index contributed by atoms with van der Waals surface area (Å²) in [5.74, 6) is 0.356. The van der Waals surface area contributed by atoms with E-state index < -0.39 is 0 Å². The Hall–Kier alpha value is -3.71. The first-order valence-electron chi connectivity index (χ1n) is 10.00. The van der Waals surface area contributed by atoms with E-state index in [2.05, 4.69) is 20.5 Å². The van der Waals surface area contributed by atoms with E-state index in [4.69, 9.17) is 4.74 Å². The molecule has 3 aromatic carbocycles. The number of ether oxygens (including phenoxy) is 1. The molecule has 1 amide bonds. The minimum atomic E-state index is -0.281. The molecule has 7 heteroatoms. The summed E-state index contributed by atoms with van der Waals surface area (Å²) in [6.45, 7) is 1.92. The van der Waals surface area contributed by atoms with Gasteiger partial charge in [-0.3, -0.25) is 9.89 Å². The lowest BCUT2D eigenvalue weighted by molar-refractivity contribution is -0.115. The highest BCUT2D eigenvalue weighted by molar-refractivity contribution is 7.20. The number of para-hydroxylation sites is 1. The predicted molar refractivity (Wildman–Crippen MR) is 124 cm³/mol. The number of carbonyl (C=O) groups is 1. The third-order valence-electron chi connectivity index (χ3n) is 5.09. The second kappa shape index (κ2) is 8.20. The Kier molecular flexibility index (Phi) is 5.09. The van der Waals surface area contributed by atoms with Gasteiger partial charge >= 0.3 is 0 Å². The van der Waals surface area contributed by atoms with Gasteiger partial charge in [-0.1, -0.05) is 65.9 Å². The van der Waals surface area contributed by atoms with E-state index in [1.807, 2.05) is 73.7 Å². The quantitative estimate of drug-likeness (QED) is 0.375. The van der Waals surface area contributed by atoms with Crippen molar-refractivity contribution in [2.24, 2.45) is 0 Å². The number of hydrogen-bond acceptors (Lipinski definition) is 5. The molecule has 0 unspecified atom stereocenters. The maximum absolute atomic E-state index is 12.6. The number of carbonyl (C=O) groups excluding carboxylic acids is 1. The number of anilines is 1. The van der Waals surface area contributed by atoms with Gasteiger partial charge in [-0.05, 0) is 35.4 Å². The predicted octanol–water partition coefficient (Wildman–Crippen LogP) is 5.49. The number of aromatic amines is 1. The van der Waals surface area contributed by atoms with Crippen molar-refractivity contribution in [1.82, 2.24) is 15.2 Å². The second-order valence-corrected chi connectivity index (χ2v) is 8.27. The average Bonchev–Trinajstić information content (AvgIpc) is 3.40. The van der Waals surface area contributed by atoms with Crippen LogP contribution >= 0.6 is 11.3 Å². The number of hydrogen-bond donors (Lipinski definition) is 2. The molecular weight excluding hydrogens is 408 g/mol. The van der Waals surface area contributed by atoms with E-state index in [0.29, 0.717) is 11.0 Å². The Morgan fingerprint density at radius 3 is 2.81 bits per heavy atom. The first kappa shape index (κ1) is 19.3. The van der Waals surface area contributed by atoms with Crippen molar-refractivity contribution >= 4 is 44.1 Å². The van der Waals surface area contributed by atoms with Crippen molar-refractivity contribution in [3.63, 3.8) is 0 Å². The van der Waals surface area contributed by atoms with Crippen molar-refractivity contribution in [2.45, 2.75) is 19.4 Å². The Balaban J connectivity index is 1.25. The number of nitrogens with zero attached hydrogens (tertiary/aromatic N) is 2. The lowest BCUT2D eigenvalue weighted by Crippen LogP contribution is -2.14. The number of aromatic nitrogens is 3. The van der Waals surface area contributed by atoms with Crippen LogP contribution in [-0.2, 0) is 11.2 Å². The van der Waals surface area contributed by atoms with Crippen molar-refractivity contribution < 1.29 is 9.53 Å². The number of H-pyrrole nitrogens is 1. The maximum atomic E-state index is 12.6. The van der Waals surface area contributed by atoms with E-state index >= 15 is 0 Å². The van der Waals surface area contributed by atoms with Gasteiger partial charge in [0.2, 0.25) is 5.91 Å². The standard InChI is InChI=1S/C24H20N4O2S/c1-15(30-24-25-19-11-4-5-12-21(19)31-24)20-14-22(28-27-20)26-23(29)13-17-9-6-8-16-7-2-3-10-18(16)17/h2-12,14-15H,13H2,1H3,(H2,26,27,28,29)/t15-/m1/s1. The molecule has 0 radical (unpaired) electrons. The molecular formula is C24H20N4O2S. The molecule has 0 aliphatic carbocycles. The Labute approximate surface area is 182 Å². The molecule has 0 aliphatic rings. The molecule has 154 valence electrons. The lowest BCUT2D eigenvalue weighted by Gasteiger charge is -2.09. The molecule has 0 aliphatic heterocycles. The summed E-state index contributed by atoms with van der Waals surface area (Å²) < 4.78 is 7.05. The normalized spacial score (nSPS) is 12.2. The van der Waals surface area contributed by atoms with E-state index in [1.165, 1.54) is 11.3 Å². The third-order valence-corrected chi connectivity index (χ3v) is 6.01. The van der Waals surface area contributed by atoms with Gasteiger partial charge in [0.05, 0.1) is 22.3 Å². The summed E-state index contributed by atoms with van der Waals surface area (Å²) in [7, 11) is 0. The maximum Gasteiger partial charge on any atom is 0.274 e. The zero-order valence-electron chi connectivity index (χ0n) is 16.8. The van der Waals surface area contributed by atoms with E-state index in [0.717, 1.165) is 32.2 Å². The number of benzene rings is 3. The fraction of sp³-hybridized carbons (Fsp3) is 0.125. The summed E-state index contributed by atoms with van der Waals surface area (Å²) in [5.41, 5.74) is 2.67. The van der Waals surface area contributed by atoms with Crippen LogP contribution in [-0.4, -0.2) is 21.1 Å². The van der Waals surface area contributed by atoms with Gasteiger partial charge in [0, 0.05) is 6.07 Å². The van der Waals surface area contributed by atoms with Crippen LogP contribution in [0.4, 0.5) is 5.82 Å². The van der Waals surface area contributed by atoms with Crippen LogP contribution in [0.25, 0.3) is 21.0 Å². The zero-order chi connectivity index (χ0) is 21.2. The lowest BCUT2D eigenvalue weighted by atomic mass is 10.0. The SMILES string of the molecule is C[C@@H](Oc1nc2ccccc2s1)c1cc(NC(=O)Cc2cccc3ccccc23)n[nH]1. The van der Waals surface area contributed by atoms with E-state index in [-0.39, 0.29) is 18.4 Å². The van der Waals surface area contributed by atoms with Gasteiger partial charge < -0.3 is 10.1 Å². The van der Waals surface area contributed by atoms with E-state index in [9.17, 15) is 4.79 Å². The van der Waals surface area contributed by atoms with Gasteiger partial charge in [0.25, 0.3) is 5.19 Å². The van der Waals surface area contributed by atoms with Gasteiger partial charge in [-0.15, -0.1) is 0 Å². The third kappa shape index (κ3) is 4.13. The summed E-state index contributed by atoms with van der Waals surface area (Å²) in [6, 6.07) is 23.8. The van der Waals surface area contributed by atoms with Crippen LogP contribution in [0, 0.1) is 0 Å². The molecule has 2 N–H and O–H groups in total. The molecule has 0 saturated heterocycles. The highest BCUT2D eigenvalue weighted by Gasteiger charge is 2.15. The van der Waals surface area contributed by atoms with Gasteiger partial charge in [-0.25, -0.2) is 4.98 Å². The molecule has 5 rings (SSSR count). The van der Waals surface area contributed by atoms with Gasteiger partial charge in [-0.2, -0.15) is 5.10 Å². The summed E-state index contributed by atoms with van der Waals surface area (Å²) >= 11 is 1.50. The zero-order valence-corrected chi connectivity index (χ0v) is 17.6. The molecule has 31 heavy (non-hydrogen) atoms. The van der Waals surface area contributed by atoms with Crippen LogP contribution in [0.15, 0.2) is 72.8 Å². The van der Waals surface area contributed by atoms with Crippen LogP contribution in [0.3, 0.4) is 0 Å². The molecule has 5 aromatic rings. The largest absolute Gasteiger partial charge is 0.460 e. The monoisotopic (exact) mass is 428 g/mol. The highest BCUT2D eigenvalue weighted by atomic mass is 32.1. The fourth-order valence-corrected chi connectivity index (χ4v) is 4.42. The minimum Gasteiger partial charge on any atom is -0.460 e. The number of amides is 1. The Morgan fingerprint density at radius 1 is 1.10 bits per heavy atom. The Bertz CT molecular complexity index is 1340. The summed E-state index contributed by atoms with van der Waals surface area (Å²) in [4.78, 5) is 17.1. The van der Waals surface area contributed by atoms with Crippen LogP contribution in [0.2, 0.25) is 0 Å². The van der Waals surface area contributed by atoms with Crippen molar-refractivity contribution in [1.29, 1.82) is 0 Å². The first-order valence-corrected chi connectivity index (χ1v) is 10.8. The second-order valence-electron chi connectivity index (χ2n) is 7.28. The average molecular weight is 429 g/mol. The minimum absolute atomic E-state index is 0.117. The number of thiazole rings is 1. The summed E-state index contributed by atoms with van der Waals surface area (Å²) in [5, 5.41) is 12.8. The highest BCUT2D eigenvalue weighted by Crippen LogP contribution is 2.30. The molecule has 0 fully saturated rings. The topological polar surface area (TPSA) is 79.9 Å². The van der Waals surface area contributed by atoms with Crippen molar-refractivity contribution in [3.8, 4) is 5.19 Å². The summed E-state index contributed by atoms with van der Waals surface area (Å²) in [6.07, 6.45) is -0.00169. The molecule has 6 nitrogen and oxygen atoms in total. The van der Waals surface area contributed by atoms with Gasteiger partial charge in [0.15, 0.2) is 5.82 Å². The van der Waals surface area contributed by atoms with Gasteiger partial charge in [0.1, 0.15) is 6.10 Å². The molecule has 2 aromatic heterocycles. The Morgan fingerprint density at radius 2 is 1.90 bits per heavy atom. The molecule has 1 atom stereocenters. The van der Waals surface area contributed by atoms with Crippen molar-refractivity contribution in [2.75, 3.05) is 5.32 Å². The smallest absolute Gasteiger partial charge is 0.274 e. The van der Waals surface area contributed by atoms with E-state index in [1.54, 1.807) is 6.07 Å². The fourth-order valence-electron chi connectivity index (χ4n) is 3.53.